The highest BCUT2D eigenvalue weighted by Gasteiger charge is 2.21. The summed E-state index contributed by atoms with van der Waals surface area (Å²) in [6.07, 6.45) is 0. The van der Waals surface area contributed by atoms with Crippen molar-refractivity contribution in [3.8, 4) is 0 Å². The molecule has 0 aliphatic carbocycles. The molecule has 3 aromatic carbocycles. The van der Waals surface area contributed by atoms with Crippen LogP contribution in [-0.2, 0) is 0 Å². The van der Waals surface area contributed by atoms with Crippen molar-refractivity contribution in [2.45, 2.75) is 6.92 Å². The highest BCUT2D eigenvalue weighted by atomic mass is 35.5. The molecule has 0 saturated heterocycles. The van der Waals surface area contributed by atoms with Gasteiger partial charge in [0.25, 0.3) is 11.6 Å². The van der Waals surface area contributed by atoms with Crippen molar-refractivity contribution in [1.82, 2.24) is 0 Å². The average molecular weight is 355 g/mol. The van der Waals surface area contributed by atoms with Crippen LogP contribution in [0.15, 0.2) is 60.7 Å². The van der Waals surface area contributed by atoms with Gasteiger partial charge in [-0.1, -0.05) is 48.0 Å². The second-order valence-electron chi connectivity index (χ2n) is 5.47. The van der Waals surface area contributed by atoms with E-state index in [1.54, 1.807) is 4.90 Å². The number of anilines is 1. The van der Waals surface area contributed by atoms with Crippen molar-refractivity contribution < 1.29 is 9.72 Å². The lowest BCUT2D eigenvalue weighted by Gasteiger charge is -2.23. The third kappa shape index (κ3) is 3.19. The van der Waals surface area contributed by atoms with Crippen LogP contribution in [0.25, 0.3) is 10.8 Å². The molecule has 3 rings (SSSR count). The maximum atomic E-state index is 13.0. The summed E-state index contributed by atoms with van der Waals surface area (Å²) in [4.78, 5) is 25.1. The van der Waals surface area contributed by atoms with Crippen LogP contribution in [0.1, 0.15) is 17.3 Å². The van der Waals surface area contributed by atoms with E-state index in [0.29, 0.717) is 6.54 Å². The molecule has 0 spiro atoms. The fourth-order valence-corrected chi connectivity index (χ4v) is 3.00. The topological polar surface area (TPSA) is 63.5 Å². The number of benzene rings is 3. The summed E-state index contributed by atoms with van der Waals surface area (Å²) in [5, 5.41) is 13.1. The molecule has 0 radical (unpaired) electrons. The Morgan fingerprint density at radius 1 is 1.12 bits per heavy atom. The van der Waals surface area contributed by atoms with Crippen LogP contribution in [-0.4, -0.2) is 17.4 Å². The number of carbonyl (C=O) groups excluding carboxylic acids is 1. The maximum Gasteiger partial charge on any atom is 0.288 e. The Bertz CT molecular complexity index is 967. The van der Waals surface area contributed by atoms with Gasteiger partial charge in [-0.15, -0.1) is 0 Å². The van der Waals surface area contributed by atoms with Crippen LogP contribution >= 0.6 is 11.6 Å². The van der Waals surface area contributed by atoms with Crippen molar-refractivity contribution in [3.63, 3.8) is 0 Å². The van der Waals surface area contributed by atoms with E-state index in [4.69, 9.17) is 11.6 Å². The third-order valence-electron chi connectivity index (χ3n) is 4.01. The van der Waals surface area contributed by atoms with Gasteiger partial charge in [0, 0.05) is 23.6 Å². The Balaban J connectivity index is 2.08. The van der Waals surface area contributed by atoms with Gasteiger partial charge >= 0.3 is 0 Å². The lowest BCUT2D eigenvalue weighted by molar-refractivity contribution is -0.384. The molecule has 6 heteroatoms. The number of nitro groups is 1. The minimum absolute atomic E-state index is 0.00904. The molecule has 0 bridgehead atoms. The molecule has 0 fully saturated rings. The molecule has 126 valence electrons. The number of carbonyl (C=O) groups is 1. The molecule has 1 amide bonds. The van der Waals surface area contributed by atoms with Crippen molar-refractivity contribution in [2.24, 2.45) is 0 Å². The second kappa shape index (κ2) is 6.91. The summed E-state index contributed by atoms with van der Waals surface area (Å²) in [5.74, 6) is -0.307. The highest BCUT2D eigenvalue weighted by Crippen LogP contribution is 2.30. The van der Waals surface area contributed by atoms with Crippen molar-refractivity contribution in [1.29, 1.82) is 0 Å². The minimum Gasteiger partial charge on any atom is -0.308 e. The van der Waals surface area contributed by atoms with Gasteiger partial charge in [0.1, 0.15) is 5.02 Å². The predicted molar refractivity (Wildman–Crippen MR) is 99.4 cm³/mol. The molecule has 0 aliphatic rings. The van der Waals surface area contributed by atoms with Gasteiger partial charge in [-0.2, -0.15) is 0 Å². The number of halogens is 1. The lowest BCUT2D eigenvalue weighted by atomic mass is 10.1. The third-order valence-corrected chi connectivity index (χ3v) is 4.33. The van der Waals surface area contributed by atoms with Gasteiger partial charge in [-0.3, -0.25) is 14.9 Å². The molecule has 0 unspecified atom stereocenters. The van der Waals surface area contributed by atoms with E-state index in [1.807, 2.05) is 49.4 Å². The van der Waals surface area contributed by atoms with Crippen LogP contribution in [0.3, 0.4) is 0 Å². The van der Waals surface area contributed by atoms with Crippen LogP contribution in [0, 0.1) is 10.1 Å². The smallest absolute Gasteiger partial charge is 0.288 e. The first-order chi connectivity index (χ1) is 12.0. The summed E-state index contributed by atoms with van der Waals surface area (Å²) in [6, 6.07) is 17.6. The Hall–Kier alpha value is -2.92. The number of hydrogen-bond acceptors (Lipinski definition) is 3. The molecule has 0 heterocycles. The van der Waals surface area contributed by atoms with Crippen molar-refractivity contribution >= 4 is 39.7 Å². The lowest BCUT2D eigenvalue weighted by Crippen LogP contribution is -2.30. The van der Waals surface area contributed by atoms with Crippen LogP contribution in [0.5, 0.6) is 0 Å². The molecular weight excluding hydrogens is 340 g/mol. The largest absolute Gasteiger partial charge is 0.308 e. The van der Waals surface area contributed by atoms with E-state index in [2.05, 4.69) is 0 Å². The molecule has 0 aliphatic heterocycles. The van der Waals surface area contributed by atoms with Crippen LogP contribution in [0.4, 0.5) is 11.4 Å². The van der Waals surface area contributed by atoms with Gasteiger partial charge in [-0.05, 0) is 30.5 Å². The maximum absolute atomic E-state index is 13.0. The van der Waals surface area contributed by atoms with Crippen LogP contribution < -0.4 is 4.90 Å². The summed E-state index contributed by atoms with van der Waals surface area (Å²) < 4.78 is 0. The molecule has 3 aromatic rings. The summed E-state index contributed by atoms with van der Waals surface area (Å²) in [6.45, 7) is 2.30. The first kappa shape index (κ1) is 16.9. The molecule has 0 N–H and O–H groups in total. The number of hydrogen-bond donors (Lipinski definition) is 0. The summed E-state index contributed by atoms with van der Waals surface area (Å²) in [5.41, 5.74) is 0.718. The summed E-state index contributed by atoms with van der Waals surface area (Å²) in [7, 11) is 0. The van der Waals surface area contributed by atoms with E-state index < -0.39 is 4.92 Å². The monoisotopic (exact) mass is 354 g/mol. The van der Waals surface area contributed by atoms with E-state index in [0.717, 1.165) is 16.5 Å². The molecule has 25 heavy (non-hydrogen) atoms. The Morgan fingerprint density at radius 3 is 2.56 bits per heavy atom. The van der Waals surface area contributed by atoms with Crippen LogP contribution in [0.2, 0.25) is 5.02 Å². The standard InChI is InChI=1S/C19H15ClN2O3/c1-2-21(17-9-5-7-13-6-3-4-8-15(13)17)19(23)14-10-11-16(20)18(12-14)22(24)25/h3-12H,2H2,1H3. The molecule has 0 aromatic heterocycles. The quantitative estimate of drug-likeness (QED) is 0.485. The van der Waals surface area contributed by atoms with E-state index >= 15 is 0 Å². The minimum atomic E-state index is -0.590. The zero-order valence-electron chi connectivity index (χ0n) is 13.5. The van der Waals surface area contributed by atoms with E-state index in [1.165, 1.54) is 18.2 Å². The second-order valence-corrected chi connectivity index (χ2v) is 5.88. The average Bonchev–Trinajstić information content (AvgIpc) is 2.62. The zero-order chi connectivity index (χ0) is 18.0. The van der Waals surface area contributed by atoms with Gasteiger partial charge in [0.05, 0.1) is 10.6 Å². The fourth-order valence-electron chi connectivity index (χ4n) is 2.81. The molecule has 0 saturated carbocycles. The predicted octanol–water partition coefficient (Wildman–Crippen LogP) is 5.07. The van der Waals surface area contributed by atoms with E-state index in [9.17, 15) is 14.9 Å². The fraction of sp³-hybridized carbons (Fsp3) is 0.105. The molecular formula is C19H15ClN2O3. The Labute approximate surface area is 149 Å². The highest BCUT2D eigenvalue weighted by molar-refractivity contribution is 6.32. The number of fused-ring (bicyclic) bond motifs is 1. The van der Waals surface area contributed by atoms with Gasteiger partial charge < -0.3 is 4.90 Å². The van der Waals surface area contributed by atoms with E-state index in [-0.39, 0.29) is 22.2 Å². The SMILES string of the molecule is CCN(C(=O)c1ccc(Cl)c([N+](=O)[O-])c1)c1cccc2ccccc12. The zero-order valence-corrected chi connectivity index (χ0v) is 14.2. The molecule has 0 atom stereocenters. The Morgan fingerprint density at radius 2 is 1.84 bits per heavy atom. The first-order valence-electron chi connectivity index (χ1n) is 7.76. The van der Waals surface area contributed by atoms with Gasteiger partial charge in [0.2, 0.25) is 0 Å². The normalized spacial score (nSPS) is 10.6. The number of nitrogens with zero attached hydrogens (tertiary/aromatic N) is 2. The van der Waals surface area contributed by atoms with Crippen molar-refractivity contribution in [2.75, 3.05) is 11.4 Å². The van der Waals surface area contributed by atoms with Crippen molar-refractivity contribution in [3.05, 3.63) is 81.4 Å². The van der Waals surface area contributed by atoms with Gasteiger partial charge in [0.15, 0.2) is 0 Å². The summed E-state index contributed by atoms with van der Waals surface area (Å²) >= 11 is 5.84. The van der Waals surface area contributed by atoms with Gasteiger partial charge in [-0.25, -0.2) is 0 Å². The molecule has 5 nitrogen and oxygen atoms in total. The number of rotatable bonds is 4. The number of amides is 1. The first-order valence-corrected chi connectivity index (χ1v) is 8.14. The Kier molecular flexibility index (Phi) is 4.67. The number of nitro benzene ring substituents is 1.